The van der Waals surface area contributed by atoms with Gasteiger partial charge in [-0.3, -0.25) is 9.59 Å². The standard InChI is InChI=1S/C25H31N3O4S/c29-24(18-20-8-3-1-4-9-20)27-15-7-10-21(19-27)25(30)26-22-11-13-23(14-12-22)33(31,32)28-16-5-2-6-17-28/h1,3-4,8-9,11-14,21H,2,5-7,10,15-19H2,(H,26,30). The minimum Gasteiger partial charge on any atom is -0.342 e. The number of rotatable bonds is 6. The molecule has 2 aromatic carbocycles. The van der Waals surface area contributed by atoms with Crippen molar-refractivity contribution < 1.29 is 18.0 Å². The molecule has 1 atom stereocenters. The first-order chi connectivity index (χ1) is 15.9. The van der Waals surface area contributed by atoms with E-state index in [1.54, 1.807) is 29.2 Å². The minimum atomic E-state index is -3.49. The number of benzene rings is 2. The van der Waals surface area contributed by atoms with Gasteiger partial charge in [0.1, 0.15) is 0 Å². The Morgan fingerprint density at radius 1 is 0.879 bits per heavy atom. The van der Waals surface area contributed by atoms with E-state index in [-0.39, 0.29) is 22.6 Å². The Morgan fingerprint density at radius 3 is 2.27 bits per heavy atom. The Kier molecular flexibility index (Phi) is 7.45. The molecule has 0 aromatic heterocycles. The molecule has 0 spiro atoms. The van der Waals surface area contributed by atoms with E-state index >= 15 is 0 Å². The zero-order chi connectivity index (χ0) is 23.3. The summed E-state index contributed by atoms with van der Waals surface area (Å²) in [4.78, 5) is 27.6. The number of anilines is 1. The molecular weight excluding hydrogens is 438 g/mol. The lowest BCUT2D eigenvalue weighted by molar-refractivity contribution is -0.133. The average Bonchev–Trinajstić information content (AvgIpc) is 2.85. The molecule has 8 heteroatoms. The maximum absolute atomic E-state index is 12.8. The second-order valence-electron chi connectivity index (χ2n) is 8.82. The Labute approximate surface area is 195 Å². The zero-order valence-corrected chi connectivity index (χ0v) is 19.6. The average molecular weight is 470 g/mol. The Hall–Kier alpha value is -2.71. The summed E-state index contributed by atoms with van der Waals surface area (Å²) in [6.45, 7) is 2.18. The van der Waals surface area contributed by atoms with Crippen LogP contribution in [0.5, 0.6) is 0 Å². The summed E-state index contributed by atoms with van der Waals surface area (Å²) in [6.07, 6.45) is 4.68. The van der Waals surface area contributed by atoms with Crippen LogP contribution in [0.15, 0.2) is 59.5 Å². The van der Waals surface area contributed by atoms with Gasteiger partial charge in [0.2, 0.25) is 21.8 Å². The molecule has 0 radical (unpaired) electrons. The monoisotopic (exact) mass is 469 g/mol. The second-order valence-corrected chi connectivity index (χ2v) is 10.8. The lowest BCUT2D eigenvalue weighted by Crippen LogP contribution is -2.44. The van der Waals surface area contributed by atoms with E-state index in [1.807, 2.05) is 30.3 Å². The summed E-state index contributed by atoms with van der Waals surface area (Å²) < 4.78 is 27.1. The third-order valence-electron chi connectivity index (χ3n) is 6.42. The van der Waals surface area contributed by atoms with Gasteiger partial charge in [-0.2, -0.15) is 4.31 Å². The van der Waals surface area contributed by atoms with Crippen LogP contribution in [0, 0.1) is 5.92 Å². The molecule has 33 heavy (non-hydrogen) atoms. The van der Waals surface area contributed by atoms with E-state index in [0.717, 1.165) is 37.7 Å². The van der Waals surface area contributed by atoms with Gasteiger partial charge in [0.05, 0.1) is 17.2 Å². The molecule has 0 bridgehead atoms. The fourth-order valence-corrected chi connectivity index (χ4v) is 6.03. The molecule has 176 valence electrons. The number of likely N-dealkylation sites (tertiary alicyclic amines) is 1. The van der Waals surface area contributed by atoms with Crippen molar-refractivity contribution in [3.05, 3.63) is 60.2 Å². The molecule has 1 unspecified atom stereocenters. The van der Waals surface area contributed by atoms with Crippen LogP contribution >= 0.6 is 0 Å². The van der Waals surface area contributed by atoms with Crippen molar-refractivity contribution in [3.63, 3.8) is 0 Å². The highest BCUT2D eigenvalue weighted by molar-refractivity contribution is 7.89. The van der Waals surface area contributed by atoms with E-state index in [4.69, 9.17) is 0 Å². The highest BCUT2D eigenvalue weighted by Crippen LogP contribution is 2.23. The number of amides is 2. The largest absolute Gasteiger partial charge is 0.342 e. The van der Waals surface area contributed by atoms with Crippen LogP contribution in [0.25, 0.3) is 0 Å². The normalized spacial score (nSPS) is 19.8. The smallest absolute Gasteiger partial charge is 0.243 e. The number of carbonyl (C=O) groups excluding carboxylic acids is 2. The van der Waals surface area contributed by atoms with Crippen molar-refractivity contribution in [2.24, 2.45) is 5.92 Å². The second kappa shape index (κ2) is 10.5. The minimum absolute atomic E-state index is 0.0333. The van der Waals surface area contributed by atoms with Crippen LogP contribution < -0.4 is 5.32 Å². The molecule has 7 nitrogen and oxygen atoms in total. The molecule has 2 aromatic rings. The molecule has 4 rings (SSSR count). The van der Waals surface area contributed by atoms with Crippen molar-refractivity contribution in [2.75, 3.05) is 31.5 Å². The molecular formula is C25H31N3O4S. The van der Waals surface area contributed by atoms with E-state index in [2.05, 4.69) is 5.32 Å². The highest BCUT2D eigenvalue weighted by atomic mass is 32.2. The lowest BCUT2D eigenvalue weighted by atomic mass is 9.96. The van der Waals surface area contributed by atoms with Crippen LogP contribution in [-0.2, 0) is 26.0 Å². The van der Waals surface area contributed by atoms with Gasteiger partial charge in [-0.1, -0.05) is 36.8 Å². The molecule has 0 saturated carbocycles. The van der Waals surface area contributed by atoms with Gasteiger partial charge in [-0.05, 0) is 55.5 Å². The van der Waals surface area contributed by atoms with Gasteiger partial charge in [0.15, 0.2) is 0 Å². The van der Waals surface area contributed by atoms with Crippen molar-refractivity contribution in [2.45, 2.75) is 43.4 Å². The number of carbonyl (C=O) groups is 2. The first-order valence-electron chi connectivity index (χ1n) is 11.7. The van der Waals surface area contributed by atoms with E-state index in [1.165, 1.54) is 4.31 Å². The predicted octanol–water partition coefficient (Wildman–Crippen LogP) is 3.28. The van der Waals surface area contributed by atoms with Gasteiger partial charge in [0.25, 0.3) is 0 Å². The third kappa shape index (κ3) is 5.81. The van der Waals surface area contributed by atoms with Crippen molar-refractivity contribution >= 4 is 27.5 Å². The molecule has 2 aliphatic rings. The maximum atomic E-state index is 12.8. The van der Waals surface area contributed by atoms with Gasteiger partial charge < -0.3 is 10.2 Å². The van der Waals surface area contributed by atoms with Crippen LogP contribution in [0.4, 0.5) is 5.69 Å². The topological polar surface area (TPSA) is 86.8 Å². The number of sulfonamides is 1. The Balaban J connectivity index is 1.34. The first kappa shape index (κ1) is 23.4. The van der Waals surface area contributed by atoms with Crippen molar-refractivity contribution in [1.29, 1.82) is 0 Å². The summed E-state index contributed by atoms with van der Waals surface area (Å²) in [5.74, 6) is -0.389. The first-order valence-corrected chi connectivity index (χ1v) is 13.1. The molecule has 2 fully saturated rings. The lowest BCUT2D eigenvalue weighted by Gasteiger charge is -2.32. The van der Waals surface area contributed by atoms with Crippen LogP contribution in [0.3, 0.4) is 0 Å². The van der Waals surface area contributed by atoms with Crippen LogP contribution in [0.1, 0.15) is 37.7 Å². The quantitative estimate of drug-likeness (QED) is 0.703. The maximum Gasteiger partial charge on any atom is 0.243 e. The number of hydrogen-bond acceptors (Lipinski definition) is 4. The molecule has 2 heterocycles. The van der Waals surface area contributed by atoms with E-state index < -0.39 is 10.0 Å². The summed E-state index contributed by atoms with van der Waals surface area (Å²) in [7, 11) is -3.49. The fourth-order valence-electron chi connectivity index (χ4n) is 4.51. The number of hydrogen-bond donors (Lipinski definition) is 1. The van der Waals surface area contributed by atoms with Crippen LogP contribution in [0.2, 0.25) is 0 Å². The molecule has 2 amide bonds. The summed E-state index contributed by atoms with van der Waals surface area (Å²) in [6, 6.07) is 16.0. The van der Waals surface area contributed by atoms with Gasteiger partial charge >= 0.3 is 0 Å². The molecule has 1 N–H and O–H groups in total. The Bertz CT molecular complexity index is 1060. The van der Waals surface area contributed by atoms with Gasteiger partial charge in [-0.25, -0.2) is 8.42 Å². The number of piperidine rings is 2. The number of nitrogens with one attached hydrogen (secondary N) is 1. The van der Waals surface area contributed by atoms with E-state index in [9.17, 15) is 18.0 Å². The van der Waals surface area contributed by atoms with Crippen molar-refractivity contribution in [3.8, 4) is 0 Å². The molecule has 2 aliphatic heterocycles. The van der Waals surface area contributed by atoms with E-state index in [0.29, 0.717) is 38.3 Å². The SMILES string of the molecule is O=C(Nc1ccc(S(=O)(=O)N2CCCCC2)cc1)C1CCCN(C(=O)Cc2ccccc2)C1. The summed E-state index contributed by atoms with van der Waals surface area (Å²) >= 11 is 0. The van der Waals surface area contributed by atoms with Crippen LogP contribution in [-0.4, -0.2) is 55.6 Å². The van der Waals surface area contributed by atoms with Gasteiger partial charge in [0, 0.05) is 31.9 Å². The Morgan fingerprint density at radius 2 is 1.58 bits per heavy atom. The fraction of sp³-hybridized carbons (Fsp3) is 0.440. The molecule has 0 aliphatic carbocycles. The number of nitrogens with zero attached hydrogens (tertiary/aromatic N) is 2. The predicted molar refractivity (Wildman–Crippen MR) is 127 cm³/mol. The van der Waals surface area contributed by atoms with Gasteiger partial charge in [-0.15, -0.1) is 0 Å². The molecule has 2 saturated heterocycles. The summed E-state index contributed by atoms with van der Waals surface area (Å²) in [5.41, 5.74) is 1.53. The highest BCUT2D eigenvalue weighted by Gasteiger charge is 2.29. The zero-order valence-electron chi connectivity index (χ0n) is 18.8. The third-order valence-corrected chi connectivity index (χ3v) is 8.33. The summed E-state index contributed by atoms with van der Waals surface area (Å²) in [5, 5.41) is 2.89. The van der Waals surface area contributed by atoms with Crippen molar-refractivity contribution in [1.82, 2.24) is 9.21 Å².